The summed E-state index contributed by atoms with van der Waals surface area (Å²) < 4.78 is 1.07. The van der Waals surface area contributed by atoms with E-state index in [1.165, 1.54) is 6.21 Å². The van der Waals surface area contributed by atoms with Crippen LogP contribution in [0.2, 0.25) is 0 Å². The lowest BCUT2D eigenvalue weighted by Gasteiger charge is -2.18. The van der Waals surface area contributed by atoms with E-state index in [4.69, 9.17) is 0 Å². The molecule has 156 valence electrons. The zero-order chi connectivity index (χ0) is 21.5. The highest BCUT2D eigenvalue weighted by molar-refractivity contribution is 9.11. The van der Waals surface area contributed by atoms with Crippen molar-refractivity contribution in [1.82, 2.24) is 10.7 Å². The predicted molar refractivity (Wildman–Crippen MR) is 129 cm³/mol. The number of nitrogens with zero attached hydrogens (tertiary/aromatic N) is 1. The minimum Gasteiger partial charge on any atom is -0.506 e. The summed E-state index contributed by atoms with van der Waals surface area (Å²) in [6, 6.07) is 17.1. The third-order valence-electron chi connectivity index (χ3n) is 4.52. The van der Waals surface area contributed by atoms with Gasteiger partial charge in [0.05, 0.1) is 15.2 Å². The highest BCUT2D eigenvalue weighted by Crippen LogP contribution is 2.32. The zero-order valence-corrected chi connectivity index (χ0v) is 19.5. The molecule has 0 aliphatic rings. The van der Waals surface area contributed by atoms with Crippen LogP contribution in [0, 0.1) is 0 Å². The molecule has 0 saturated heterocycles. The molecule has 0 aliphatic heterocycles. The smallest absolute Gasteiger partial charge is 0.262 e. The molecule has 0 heterocycles. The van der Waals surface area contributed by atoms with Gasteiger partial charge in [-0.1, -0.05) is 30.3 Å². The van der Waals surface area contributed by atoms with Gasteiger partial charge < -0.3 is 15.7 Å². The summed E-state index contributed by atoms with van der Waals surface area (Å²) in [5, 5.41) is 22.5. The first-order valence-corrected chi connectivity index (χ1v) is 11.0. The highest BCUT2D eigenvalue weighted by Gasteiger charge is 2.17. The molecular weight excluding hydrogens is 512 g/mol. The van der Waals surface area contributed by atoms with Gasteiger partial charge in [-0.15, -0.1) is 0 Å². The van der Waals surface area contributed by atoms with Gasteiger partial charge >= 0.3 is 0 Å². The van der Waals surface area contributed by atoms with Crippen LogP contribution < -0.4 is 16.1 Å². The number of carbonyl (C=O) groups is 1. The number of phenolic OH excluding ortho intramolecular Hbond substituents is 1. The van der Waals surface area contributed by atoms with E-state index in [2.05, 4.69) is 59.1 Å². The van der Waals surface area contributed by atoms with Crippen LogP contribution in [-0.4, -0.2) is 36.9 Å². The molecular formula is C22H22Br2N4O2. The maximum absolute atomic E-state index is 12.7. The number of aromatic hydroxyl groups is 1. The molecule has 3 rings (SSSR count). The Labute approximate surface area is 192 Å². The van der Waals surface area contributed by atoms with Crippen LogP contribution in [0.15, 0.2) is 68.6 Å². The van der Waals surface area contributed by atoms with Gasteiger partial charge in [-0.3, -0.25) is 4.79 Å². The minimum absolute atomic E-state index is 0.114. The lowest BCUT2D eigenvalue weighted by atomic mass is 10.1. The van der Waals surface area contributed by atoms with Gasteiger partial charge in [-0.25, -0.2) is 5.43 Å². The molecule has 0 fully saturated rings. The van der Waals surface area contributed by atoms with Gasteiger partial charge in [0, 0.05) is 5.69 Å². The fraction of sp³-hybridized carbons (Fsp3) is 0.182. The summed E-state index contributed by atoms with van der Waals surface area (Å²) in [6.07, 6.45) is 2.12. The van der Waals surface area contributed by atoms with Crippen LogP contribution in [0.5, 0.6) is 5.75 Å². The Morgan fingerprint density at radius 3 is 2.50 bits per heavy atom. The lowest BCUT2D eigenvalue weighted by molar-refractivity contribution is -0.121. The van der Waals surface area contributed by atoms with Gasteiger partial charge in [0.2, 0.25) is 0 Å². The van der Waals surface area contributed by atoms with E-state index in [1.54, 1.807) is 12.1 Å². The molecule has 30 heavy (non-hydrogen) atoms. The SMILES string of the molecule is CNCCC(Nc1ccc2ccccc2c1)C(=O)N/N=C/c1cc(Br)c(O)c(Br)c1. The fourth-order valence-corrected chi connectivity index (χ4v) is 4.17. The molecule has 0 bridgehead atoms. The second-order valence-corrected chi connectivity index (χ2v) is 8.43. The average Bonchev–Trinajstić information content (AvgIpc) is 2.74. The maximum atomic E-state index is 12.7. The van der Waals surface area contributed by atoms with Gasteiger partial charge in [-0.2, -0.15) is 5.10 Å². The number of hydrogen-bond acceptors (Lipinski definition) is 5. The molecule has 4 N–H and O–H groups in total. The summed E-state index contributed by atoms with van der Waals surface area (Å²) in [5.74, 6) is -0.116. The number of anilines is 1. The molecule has 1 atom stereocenters. The van der Waals surface area contributed by atoms with Crippen molar-refractivity contribution >= 4 is 60.4 Å². The van der Waals surface area contributed by atoms with E-state index < -0.39 is 6.04 Å². The summed E-state index contributed by atoms with van der Waals surface area (Å²) >= 11 is 6.56. The van der Waals surface area contributed by atoms with Crippen LogP contribution >= 0.6 is 31.9 Å². The first-order valence-electron chi connectivity index (χ1n) is 9.39. The van der Waals surface area contributed by atoms with Crippen molar-refractivity contribution in [1.29, 1.82) is 0 Å². The van der Waals surface area contributed by atoms with Crippen molar-refractivity contribution in [2.75, 3.05) is 18.9 Å². The molecule has 3 aromatic rings. The summed E-state index contributed by atoms with van der Waals surface area (Å²) in [6.45, 7) is 0.681. The lowest BCUT2D eigenvalue weighted by Crippen LogP contribution is -2.39. The number of rotatable bonds is 8. The Kier molecular flexibility index (Phi) is 7.84. The maximum Gasteiger partial charge on any atom is 0.262 e. The van der Waals surface area contributed by atoms with E-state index in [0.29, 0.717) is 21.9 Å². The standard InChI is InChI=1S/C22H22Br2N4O2/c1-25-9-8-20(27-17-7-6-15-4-2-3-5-16(15)12-17)22(30)28-26-13-14-10-18(23)21(29)19(24)11-14/h2-7,10-13,20,25,27,29H,8-9H2,1H3,(H,28,30)/b26-13+. The fourth-order valence-electron chi connectivity index (χ4n) is 2.95. The minimum atomic E-state index is -0.450. The topological polar surface area (TPSA) is 85.8 Å². The van der Waals surface area contributed by atoms with E-state index in [-0.39, 0.29) is 11.7 Å². The van der Waals surface area contributed by atoms with E-state index >= 15 is 0 Å². The molecule has 0 aromatic heterocycles. The monoisotopic (exact) mass is 532 g/mol. The van der Waals surface area contributed by atoms with Crippen LogP contribution in [0.1, 0.15) is 12.0 Å². The normalized spacial score (nSPS) is 12.2. The molecule has 0 radical (unpaired) electrons. The van der Waals surface area contributed by atoms with Gasteiger partial charge in [-0.05, 0) is 92.5 Å². The highest BCUT2D eigenvalue weighted by atomic mass is 79.9. The number of phenols is 1. The Hall–Kier alpha value is -2.42. The Balaban J connectivity index is 1.70. The molecule has 3 aromatic carbocycles. The van der Waals surface area contributed by atoms with Crippen molar-refractivity contribution in [2.45, 2.75) is 12.5 Å². The number of nitrogens with one attached hydrogen (secondary N) is 3. The molecule has 0 saturated carbocycles. The number of fused-ring (bicyclic) bond motifs is 1. The van der Waals surface area contributed by atoms with E-state index in [9.17, 15) is 9.90 Å². The third-order valence-corrected chi connectivity index (χ3v) is 5.73. The summed E-state index contributed by atoms with van der Waals surface area (Å²) in [5.41, 5.74) is 4.20. The molecule has 0 spiro atoms. The number of hydrazone groups is 1. The summed E-state index contributed by atoms with van der Waals surface area (Å²) in [4.78, 5) is 12.7. The number of hydrogen-bond donors (Lipinski definition) is 4. The quantitative estimate of drug-likeness (QED) is 0.251. The van der Waals surface area contributed by atoms with Crippen LogP contribution in [-0.2, 0) is 4.79 Å². The second-order valence-electron chi connectivity index (χ2n) is 6.72. The summed E-state index contributed by atoms with van der Waals surface area (Å²) in [7, 11) is 1.85. The zero-order valence-electron chi connectivity index (χ0n) is 16.3. The van der Waals surface area contributed by atoms with Crippen molar-refractivity contribution in [2.24, 2.45) is 5.10 Å². The van der Waals surface area contributed by atoms with E-state index in [0.717, 1.165) is 22.0 Å². The molecule has 8 heteroatoms. The van der Waals surface area contributed by atoms with Crippen molar-refractivity contribution in [3.05, 3.63) is 69.1 Å². The number of carbonyl (C=O) groups excluding carboxylic acids is 1. The number of halogens is 2. The van der Waals surface area contributed by atoms with Crippen molar-refractivity contribution in [3.63, 3.8) is 0 Å². The van der Waals surface area contributed by atoms with Crippen molar-refractivity contribution in [3.8, 4) is 5.75 Å². The number of amides is 1. The molecule has 6 nitrogen and oxygen atoms in total. The van der Waals surface area contributed by atoms with Crippen LogP contribution in [0.4, 0.5) is 5.69 Å². The molecule has 0 aliphatic carbocycles. The van der Waals surface area contributed by atoms with Gasteiger partial charge in [0.15, 0.2) is 0 Å². The van der Waals surface area contributed by atoms with Gasteiger partial charge in [0.1, 0.15) is 11.8 Å². The second kappa shape index (κ2) is 10.6. The van der Waals surface area contributed by atoms with Crippen LogP contribution in [0.25, 0.3) is 10.8 Å². The first-order chi connectivity index (χ1) is 14.5. The van der Waals surface area contributed by atoms with E-state index in [1.807, 2.05) is 43.4 Å². The first kappa shape index (κ1) is 22.3. The van der Waals surface area contributed by atoms with Crippen molar-refractivity contribution < 1.29 is 9.90 Å². The Morgan fingerprint density at radius 2 is 1.80 bits per heavy atom. The Morgan fingerprint density at radius 1 is 1.10 bits per heavy atom. The largest absolute Gasteiger partial charge is 0.506 e. The molecule has 1 unspecified atom stereocenters. The van der Waals surface area contributed by atoms with Gasteiger partial charge in [0.25, 0.3) is 5.91 Å². The number of benzene rings is 3. The molecule has 1 amide bonds. The predicted octanol–water partition coefficient (Wildman–Crippen LogP) is 4.61. The van der Waals surface area contributed by atoms with Crippen LogP contribution in [0.3, 0.4) is 0 Å². The average molecular weight is 534 g/mol. The third kappa shape index (κ3) is 5.81. The Bertz CT molecular complexity index is 1050.